The summed E-state index contributed by atoms with van der Waals surface area (Å²) >= 11 is 0. The van der Waals surface area contributed by atoms with Crippen LogP contribution in [-0.2, 0) is 0 Å². The van der Waals surface area contributed by atoms with E-state index in [2.05, 4.69) is 5.32 Å². The van der Waals surface area contributed by atoms with Gasteiger partial charge in [0.05, 0.1) is 0 Å². The Hall–Kier alpha value is -1.09. The number of rotatable bonds is 3. The standard InChI is InChI=1S/C13H18FNO/c1-10(13-7-2-3-8-15-13)16-12-6-4-5-11(14)9-12/h4-6,9-10,13,15H,2-3,7-8H2,1H3. The lowest BCUT2D eigenvalue weighted by atomic mass is 10.0. The van der Waals surface area contributed by atoms with Crippen LogP contribution in [0, 0.1) is 5.82 Å². The Labute approximate surface area is 95.8 Å². The van der Waals surface area contributed by atoms with E-state index in [0.717, 1.165) is 13.0 Å². The predicted molar refractivity (Wildman–Crippen MR) is 62.1 cm³/mol. The van der Waals surface area contributed by atoms with Crippen molar-refractivity contribution in [2.75, 3.05) is 6.54 Å². The maximum absolute atomic E-state index is 13.0. The summed E-state index contributed by atoms with van der Waals surface area (Å²) in [6.07, 6.45) is 3.70. The van der Waals surface area contributed by atoms with E-state index in [1.54, 1.807) is 12.1 Å². The summed E-state index contributed by atoms with van der Waals surface area (Å²) < 4.78 is 18.7. The van der Waals surface area contributed by atoms with Crippen molar-refractivity contribution in [1.82, 2.24) is 5.32 Å². The van der Waals surface area contributed by atoms with Crippen molar-refractivity contribution < 1.29 is 9.13 Å². The van der Waals surface area contributed by atoms with Crippen LogP contribution >= 0.6 is 0 Å². The molecule has 1 fully saturated rings. The van der Waals surface area contributed by atoms with Crippen LogP contribution in [-0.4, -0.2) is 18.7 Å². The second kappa shape index (κ2) is 5.30. The minimum Gasteiger partial charge on any atom is -0.489 e. The molecule has 2 unspecified atom stereocenters. The van der Waals surface area contributed by atoms with Crippen LogP contribution in [0.5, 0.6) is 5.75 Å². The molecule has 2 nitrogen and oxygen atoms in total. The second-order valence-electron chi connectivity index (χ2n) is 4.34. The Balaban J connectivity index is 1.93. The van der Waals surface area contributed by atoms with Gasteiger partial charge in [0.1, 0.15) is 17.7 Å². The van der Waals surface area contributed by atoms with Gasteiger partial charge in [-0.1, -0.05) is 12.5 Å². The molecule has 88 valence electrons. The van der Waals surface area contributed by atoms with Crippen LogP contribution in [0.2, 0.25) is 0 Å². The Kier molecular flexibility index (Phi) is 3.78. The van der Waals surface area contributed by atoms with Gasteiger partial charge in [-0.15, -0.1) is 0 Å². The van der Waals surface area contributed by atoms with Gasteiger partial charge in [-0.2, -0.15) is 0 Å². The molecule has 2 rings (SSSR count). The monoisotopic (exact) mass is 223 g/mol. The zero-order valence-corrected chi connectivity index (χ0v) is 9.58. The maximum Gasteiger partial charge on any atom is 0.126 e. The van der Waals surface area contributed by atoms with Crippen molar-refractivity contribution in [2.45, 2.75) is 38.3 Å². The van der Waals surface area contributed by atoms with Gasteiger partial charge >= 0.3 is 0 Å². The first-order valence-corrected chi connectivity index (χ1v) is 5.91. The number of nitrogens with one attached hydrogen (secondary N) is 1. The van der Waals surface area contributed by atoms with Crippen LogP contribution in [0.3, 0.4) is 0 Å². The smallest absolute Gasteiger partial charge is 0.126 e. The SMILES string of the molecule is CC(Oc1cccc(F)c1)C1CCCCN1. The average molecular weight is 223 g/mol. The van der Waals surface area contributed by atoms with Gasteiger partial charge in [0.2, 0.25) is 0 Å². The fourth-order valence-electron chi connectivity index (χ4n) is 2.12. The highest BCUT2D eigenvalue weighted by molar-refractivity contribution is 5.22. The van der Waals surface area contributed by atoms with Gasteiger partial charge in [-0.25, -0.2) is 4.39 Å². The lowest BCUT2D eigenvalue weighted by Crippen LogP contribution is -2.44. The number of hydrogen-bond donors (Lipinski definition) is 1. The van der Waals surface area contributed by atoms with Gasteiger partial charge in [-0.05, 0) is 38.4 Å². The Morgan fingerprint density at radius 3 is 3.00 bits per heavy atom. The van der Waals surface area contributed by atoms with Crippen molar-refractivity contribution in [2.24, 2.45) is 0 Å². The number of ether oxygens (including phenoxy) is 1. The van der Waals surface area contributed by atoms with E-state index in [-0.39, 0.29) is 11.9 Å². The van der Waals surface area contributed by atoms with Gasteiger partial charge in [0.15, 0.2) is 0 Å². The minimum absolute atomic E-state index is 0.0853. The highest BCUT2D eigenvalue weighted by atomic mass is 19.1. The van der Waals surface area contributed by atoms with Gasteiger partial charge in [-0.3, -0.25) is 0 Å². The number of benzene rings is 1. The summed E-state index contributed by atoms with van der Waals surface area (Å²) in [6, 6.07) is 6.71. The molecule has 0 radical (unpaired) electrons. The van der Waals surface area contributed by atoms with Crippen molar-refractivity contribution >= 4 is 0 Å². The van der Waals surface area contributed by atoms with Gasteiger partial charge < -0.3 is 10.1 Å². The molecule has 0 aliphatic carbocycles. The number of hydrogen-bond acceptors (Lipinski definition) is 2. The average Bonchev–Trinajstić information content (AvgIpc) is 2.30. The first-order chi connectivity index (χ1) is 7.75. The van der Waals surface area contributed by atoms with E-state index >= 15 is 0 Å². The Bertz CT molecular complexity index is 336. The molecule has 1 aromatic rings. The predicted octanol–water partition coefficient (Wildman–Crippen LogP) is 2.74. The van der Waals surface area contributed by atoms with E-state index < -0.39 is 0 Å². The zero-order chi connectivity index (χ0) is 11.4. The lowest BCUT2D eigenvalue weighted by Gasteiger charge is -2.29. The van der Waals surface area contributed by atoms with Crippen molar-refractivity contribution in [3.8, 4) is 5.75 Å². The van der Waals surface area contributed by atoms with Gasteiger partial charge in [0, 0.05) is 12.1 Å². The van der Waals surface area contributed by atoms with Crippen molar-refractivity contribution in [3.05, 3.63) is 30.1 Å². The third kappa shape index (κ3) is 2.95. The largest absolute Gasteiger partial charge is 0.489 e. The van der Waals surface area contributed by atoms with Gasteiger partial charge in [0.25, 0.3) is 0 Å². The van der Waals surface area contributed by atoms with E-state index in [4.69, 9.17) is 4.74 Å². The molecule has 1 N–H and O–H groups in total. The second-order valence-corrected chi connectivity index (χ2v) is 4.34. The van der Waals surface area contributed by atoms with Crippen LogP contribution in [0.4, 0.5) is 4.39 Å². The van der Waals surface area contributed by atoms with E-state index in [9.17, 15) is 4.39 Å². The molecule has 16 heavy (non-hydrogen) atoms. The summed E-state index contributed by atoms with van der Waals surface area (Å²) in [5.41, 5.74) is 0. The Morgan fingerprint density at radius 1 is 1.44 bits per heavy atom. The Morgan fingerprint density at radius 2 is 2.31 bits per heavy atom. The topological polar surface area (TPSA) is 21.3 Å². The molecule has 0 bridgehead atoms. The summed E-state index contributed by atoms with van der Waals surface area (Å²) in [7, 11) is 0. The summed E-state index contributed by atoms with van der Waals surface area (Å²) in [4.78, 5) is 0. The molecule has 2 atom stereocenters. The van der Waals surface area contributed by atoms with Crippen LogP contribution in [0.1, 0.15) is 26.2 Å². The summed E-state index contributed by atoms with van der Waals surface area (Å²) in [5, 5.41) is 3.43. The third-order valence-corrected chi connectivity index (χ3v) is 3.03. The molecule has 0 amide bonds. The number of halogens is 1. The van der Waals surface area contributed by atoms with E-state index in [1.165, 1.54) is 25.0 Å². The fraction of sp³-hybridized carbons (Fsp3) is 0.538. The molecule has 0 saturated carbocycles. The molecular formula is C13H18FNO. The quantitative estimate of drug-likeness (QED) is 0.850. The molecule has 1 heterocycles. The van der Waals surface area contributed by atoms with Crippen LogP contribution < -0.4 is 10.1 Å². The third-order valence-electron chi connectivity index (χ3n) is 3.03. The first kappa shape index (κ1) is 11.4. The molecule has 0 aromatic heterocycles. The normalized spacial score (nSPS) is 22.8. The van der Waals surface area contributed by atoms with E-state index in [0.29, 0.717) is 11.8 Å². The summed E-state index contributed by atoms with van der Waals surface area (Å²) in [6.45, 7) is 3.09. The van der Waals surface area contributed by atoms with E-state index in [1.807, 2.05) is 6.92 Å². The van der Waals surface area contributed by atoms with Crippen LogP contribution in [0.25, 0.3) is 0 Å². The molecule has 3 heteroatoms. The molecular weight excluding hydrogens is 205 g/mol. The maximum atomic E-state index is 13.0. The molecule has 1 aliphatic heterocycles. The first-order valence-electron chi connectivity index (χ1n) is 5.91. The fourth-order valence-corrected chi connectivity index (χ4v) is 2.12. The van der Waals surface area contributed by atoms with Crippen molar-refractivity contribution in [1.29, 1.82) is 0 Å². The lowest BCUT2D eigenvalue weighted by molar-refractivity contribution is 0.152. The van der Waals surface area contributed by atoms with Crippen LogP contribution in [0.15, 0.2) is 24.3 Å². The van der Waals surface area contributed by atoms with Crippen molar-refractivity contribution in [3.63, 3.8) is 0 Å². The molecule has 1 saturated heterocycles. The summed E-state index contributed by atoms with van der Waals surface area (Å²) in [5.74, 6) is 0.362. The highest BCUT2D eigenvalue weighted by Gasteiger charge is 2.20. The zero-order valence-electron chi connectivity index (χ0n) is 9.58. The minimum atomic E-state index is -0.249. The molecule has 0 spiro atoms. The highest BCUT2D eigenvalue weighted by Crippen LogP contribution is 2.18. The molecule has 1 aromatic carbocycles. The molecule has 1 aliphatic rings. The number of piperidine rings is 1.